The Balaban J connectivity index is 2.65. The largest absolute Gasteiger partial charge is 0.497 e. The molecular formula is C13H17NO6. The Bertz CT molecular complexity index is 465. The summed E-state index contributed by atoms with van der Waals surface area (Å²) in [5.41, 5.74) is 0.325. The Kier molecular flexibility index (Phi) is 5.79. The summed E-state index contributed by atoms with van der Waals surface area (Å²) < 4.78 is 10.1. The van der Waals surface area contributed by atoms with E-state index in [2.05, 4.69) is 5.32 Å². The number of amides is 1. The summed E-state index contributed by atoms with van der Waals surface area (Å²) in [6, 6.07) is 4.70. The number of nitrogens with one attached hydrogen (secondary N) is 1. The third-order valence-corrected chi connectivity index (χ3v) is 2.60. The lowest BCUT2D eigenvalue weighted by Gasteiger charge is -2.10. The smallest absolute Gasteiger partial charge is 0.332 e. The van der Waals surface area contributed by atoms with Crippen LogP contribution in [0, 0.1) is 0 Å². The van der Waals surface area contributed by atoms with Gasteiger partial charge in [0.2, 0.25) is 0 Å². The van der Waals surface area contributed by atoms with E-state index in [1.807, 2.05) is 0 Å². The van der Waals surface area contributed by atoms with Crippen molar-refractivity contribution in [3.8, 4) is 11.5 Å². The number of ether oxygens (including phenoxy) is 2. The van der Waals surface area contributed by atoms with Crippen molar-refractivity contribution >= 4 is 11.9 Å². The second-order valence-electron chi connectivity index (χ2n) is 4.00. The fourth-order valence-electron chi connectivity index (χ4n) is 1.49. The summed E-state index contributed by atoms with van der Waals surface area (Å²) in [5, 5.41) is 20.1. The molecule has 0 bridgehead atoms. The third kappa shape index (κ3) is 4.43. The first kappa shape index (κ1) is 15.8. The molecule has 110 valence electrons. The van der Waals surface area contributed by atoms with Gasteiger partial charge in [0.15, 0.2) is 6.10 Å². The zero-order chi connectivity index (χ0) is 15.1. The highest BCUT2D eigenvalue weighted by Gasteiger charge is 2.14. The lowest BCUT2D eigenvalue weighted by Crippen LogP contribution is -2.30. The fourth-order valence-corrected chi connectivity index (χ4v) is 1.49. The first-order valence-electron chi connectivity index (χ1n) is 5.90. The predicted molar refractivity (Wildman–Crippen MR) is 70.1 cm³/mol. The maximum atomic E-state index is 11.9. The molecule has 0 aliphatic heterocycles. The lowest BCUT2D eigenvalue weighted by atomic mass is 10.1. The molecule has 1 aromatic carbocycles. The lowest BCUT2D eigenvalue weighted by molar-refractivity contribution is -0.146. The molecule has 0 aliphatic carbocycles. The molecule has 0 unspecified atom stereocenters. The number of carboxylic acids is 1. The molecule has 0 radical (unpaired) electrons. The van der Waals surface area contributed by atoms with Crippen LogP contribution < -0.4 is 14.8 Å². The van der Waals surface area contributed by atoms with Gasteiger partial charge in [-0.1, -0.05) is 0 Å². The highest BCUT2D eigenvalue weighted by atomic mass is 16.5. The zero-order valence-electron chi connectivity index (χ0n) is 11.3. The second kappa shape index (κ2) is 7.34. The molecule has 1 atom stereocenters. The van der Waals surface area contributed by atoms with Crippen LogP contribution in [0.3, 0.4) is 0 Å². The van der Waals surface area contributed by atoms with Crippen LogP contribution in [0.1, 0.15) is 16.8 Å². The van der Waals surface area contributed by atoms with Gasteiger partial charge in [0.25, 0.3) is 5.91 Å². The van der Waals surface area contributed by atoms with Crippen LogP contribution in [0.25, 0.3) is 0 Å². The van der Waals surface area contributed by atoms with Crippen LogP contribution in [0.15, 0.2) is 18.2 Å². The standard InChI is InChI=1S/C13H17NO6/c1-19-9-5-8(6-10(7-9)20-2)12(16)14-4-3-11(15)13(17)18/h5-7,11,15H,3-4H2,1-2H3,(H,14,16)(H,17,18)/t11-/m0/s1. The minimum Gasteiger partial charge on any atom is -0.497 e. The Morgan fingerprint density at radius 1 is 1.20 bits per heavy atom. The van der Waals surface area contributed by atoms with Crippen LogP contribution in [0.2, 0.25) is 0 Å². The van der Waals surface area contributed by atoms with E-state index in [0.29, 0.717) is 17.1 Å². The molecule has 7 nitrogen and oxygen atoms in total. The molecule has 0 aromatic heterocycles. The number of rotatable bonds is 7. The van der Waals surface area contributed by atoms with Gasteiger partial charge in [0, 0.05) is 24.6 Å². The Hall–Kier alpha value is -2.28. The van der Waals surface area contributed by atoms with E-state index in [9.17, 15) is 9.59 Å². The third-order valence-electron chi connectivity index (χ3n) is 2.60. The van der Waals surface area contributed by atoms with Gasteiger partial charge in [-0.15, -0.1) is 0 Å². The number of aliphatic carboxylic acids is 1. The van der Waals surface area contributed by atoms with Gasteiger partial charge in [-0.3, -0.25) is 4.79 Å². The van der Waals surface area contributed by atoms with Gasteiger partial charge in [-0.2, -0.15) is 0 Å². The van der Waals surface area contributed by atoms with Gasteiger partial charge in [0.1, 0.15) is 11.5 Å². The van der Waals surface area contributed by atoms with Crippen LogP contribution in [0.5, 0.6) is 11.5 Å². The average Bonchev–Trinajstić information content (AvgIpc) is 2.46. The minimum atomic E-state index is -1.49. The summed E-state index contributed by atoms with van der Waals surface area (Å²) >= 11 is 0. The Morgan fingerprint density at radius 2 is 1.75 bits per heavy atom. The number of hydrogen-bond donors (Lipinski definition) is 3. The van der Waals surface area contributed by atoms with Crippen molar-refractivity contribution in [2.75, 3.05) is 20.8 Å². The Labute approximate surface area is 116 Å². The number of aliphatic hydroxyl groups is 1. The molecular weight excluding hydrogens is 266 g/mol. The molecule has 0 spiro atoms. The fraction of sp³-hybridized carbons (Fsp3) is 0.385. The van der Waals surface area contributed by atoms with Gasteiger partial charge in [-0.05, 0) is 12.1 Å². The van der Waals surface area contributed by atoms with E-state index in [1.54, 1.807) is 6.07 Å². The van der Waals surface area contributed by atoms with Crippen molar-refractivity contribution in [1.29, 1.82) is 0 Å². The summed E-state index contributed by atoms with van der Waals surface area (Å²) in [7, 11) is 2.94. The molecule has 0 saturated carbocycles. The molecule has 0 heterocycles. The van der Waals surface area contributed by atoms with E-state index in [-0.39, 0.29) is 13.0 Å². The van der Waals surface area contributed by atoms with E-state index in [1.165, 1.54) is 26.4 Å². The maximum absolute atomic E-state index is 11.9. The van der Waals surface area contributed by atoms with Crippen LogP contribution in [0.4, 0.5) is 0 Å². The van der Waals surface area contributed by atoms with Crippen LogP contribution >= 0.6 is 0 Å². The zero-order valence-corrected chi connectivity index (χ0v) is 11.3. The molecule has 0 fully saturated rings. The van der Waals surface area contributed by atoms with Crippen molar-refractivity contribution in [1.82, 2.24) is 5.32 Å². The SMILES string of the molecule is COc1cc(OC)cc(C(=O)NCC[C@H](O)C(=O)O)c1. The van der Waals surface area contributed by atoms with Gasteiger partial charge < -0.3 is 25.0 Å². The molecule has 0 saturated heterocycles. The number of carbonyl (C=O) groups excluding carboxylic acids is 1. The Morgan fingerprint density at radius 3 is 2.20 bits per heavy atom. The number of carboxylic acid groups (broad SMARTS) is 1. The van der Waals surface area contributed by atoms with Crippen LogP contribution in [-0.2, 0) is 4.79 Å². The van der Waals surface area contributed by atoms with Crippen molar-refractivity contribution in [2.24, 2.45) is 0 Å². The second-order valence-corrected chi connectivity index (χ2v) is 4.00. The summed E-state index contributed by atoms with van der Waals surface area (Å²) in [6.07, 6.45) is -1.56. The van der Waals surface area contributed by atoms with Crippen molar-refractivity contribution in [2.45, 2.75) is 12.5 Å². The van der Waals surface area contributed by atoms with Gasteiger partial charge in [0.05, 0.1) is 14.2 Å². The number of carbonyl (C=O) groups is 2. The van der Waals surface area contributed by atoms with E-state index in [4.69, 9.17) is 19.7 Å². The van der Waals surface area contributed by atoms with Crippen LogP contribution in [-0.4, -0.2) is 49.0 Å². The predicted octanol–water partition coefficient (Wildman–Crippen LogP) is 0.269. The maximum Gasteiger partial charge on any atom is 0.332 e. The van der Waals surface area contributed by atoms with Crippen molar-refractivity contribution in [3.05, 3.63) is 23.8 Å². The van der Waals surface area contributed by atoms with Gasteiger partial charge >= 0.3 is 5.97 Å². The number of aliphatic hydroxyl groups excluding tert-OH is 1. The van der Waals surface area contributed by atoms with E-state index in [0.717, 1.165) is 0 Å². The minimum absolute atomic E-state index is 0.0474. The number of hydrogen-bond acceptors (Lipinski definition) is 5. The summed E-state index contributed by atoms with van der Waals surface area (Å²) in [4.78, 5) is 22.3. The monoisotopic (exact) mass is 283 g/mol. The van der Waals surface area contributed by atoms with Gasteiger partial charge in [-0.25, -0.2) is 4.79 Å². The molecule has 0 aliphatic rings. The molecule has 1 aromatic rings. The molecule has 20 heavy (non-hydrogen) atoms. The molecule has 7 heteroatoms. The average molecular weight is 283 g/mol. The van der Waals surface area contributed by atoms with E-state index >= 15 is 0 Å². The number of methoxy groups -OCH3 is 2. The number of benzene rings is 1. The summed E-state index contributed by atoms with van der Waals surface area (Å²) in [6.45, 7) is 0.0474. The highest BCUT2D eigenvalue weighted by molar-refractivity contribution is 5.95. The van der Waals surface area contributed by atoms with E-state index < -0.39 is 18.0 Å². The van der Waals surface area contributed by atoms with Crippen molar-refractivity contribution in [3.63, 3.8) is 0 Å². The molecule has 1 amide bonds. The quantitative estimate of drug-likeness (QED) is 0.663. The first-order chi connectivity index (χ1) is 9.47. The highest BCUT2D eigenvalue weighted by Crippen LogP contribution is 2.22. The first-order valence-corrected chi connectivity index (χ1v) is 5.90. The molecule has 1 rings (SSSR count). The topological polar surface area (TPSA) is 105 Å². The normalized spacial score (nSPS) is 11.6. The summed E-state index contributed by atoms with van der Waals surface area (Å²) in [5.74, 6) is -0.776. The van der Waals surface area contributed by atoms with Crippen molar-refractivity contribution < 1.29 is 29.3 Å². The molecule has 3 N–H and O–H groups in total.